The maximum atomic E-state index is 14.3. The number of nitrogens with zero attached hydrogens (tertiary/aromatic N) is 2. The Hall–Kier alpha value is -3.48. The summed E-state index contributed by atoms with van der Waals surface area (Å²) in [5.41, 5.74) is 1.90. The van der Waals surface area contributed by atoms with E-state index in [9.17, 15) is 18.0 Å². The minimum absolute atomic E-state index is 0.152. The fourth-order valence-electron chi connectivity index (χ4n) is 4.63. The van der Waals surface area contributed by atoms with Gasteiger partial charge in [0.2, 0.25) is 0 Å². The topological polar surface area (TPSA) is 54.9 Å². The van der Waals surface area contributed by atoms with Crippen molar-refractivity contribution in [1.29, 1.82) is 0 Å². The van der Waals surface area contributed by atoms with Crippen LogP contribution in [0.3, 0.4) is 0 Å². The zero-order chi connectivity index (χ0) is 22.5. The third kappa shape index (κ3) is 3.57. The zero-order valence-electron chi connectivity index (χ0n) is 17.3. The van der Waals surface area contributed by atoms with Gasteiger partial charge in [-0.2, -0.15) is 0 Å². The average Bonchev–Trinajstić information content (AvgIpc) is 3.45. The van der Waals surface area contributed by atoms with Gasteiger partial charge in [0.1, 0.15) is 28.8 Å². The van der Waals surface area contributed by atoms with Gasteiger partial charge in [-0.1, -0.05) is 24.6 Å². The number of hydrogen-bond acceptors (Lipinski definition) is 3. The van der Waals surface area contributed by atoms with Crippen molar-refractivity contribution in [1.82, 2.24) is 9.97 Å². The lowest BCUT2D eigenvalue weighted by Gasteiger charge is -2.28. The lowest BCUT2D eigenvalue weighted by atomic mass is 9.77. The summed E-state index contributed by atoms with van der Waals surface area (Å²) in [6.45, 7) is 2.22. The molecule has 0 aliphatic heterocycles. The molecule has 2 aromatic heterocycles. The summed E-state index contributed by atoms with van der Waals surface area (Å²) in [5.74, 6) is -3.17. The lowest BCUT2D eigenvalue weighted by Crippen LogP contribution is -2.19. The van der Waals surface area contributed by atoms with Gasteiger partial charge in [-0.05, 0) is 61.1 Å². The Bertz CT molecular complexity index is 1250. The van der Waals surface area contributed by atoms with E-state index in [0.29, 0.717) is 5.69 Å². The quantitative estimate of drug-likeness (QED) is 0.510. The number of aromatic nitrogens is 2. The van der Waals surface area contributed by atoms with Gasteiger partial charge in [-0.3, -0.25) is 9.78 Å². The number of rotatable bonds is 4. The van der Waals surface area contributed by atoms with Crippen LogP contribution < -0.4 is 5.32 Å². The molecule has 2 heterocycles. The molecule has 1 saturated carbocycles. The van der Waals surface area contributed by atoms with Crippen LogP contribution in [0.15, 0.2) is 60.4 Å². The smallest absolute Gasteiger partial charge is 0.274 e. The highest BCUT2D eigenvalue weighted by atomic mass is 19.1. The number of allylic oxidation sites excluding steroid dienone is 2. The Morgan fingerprint density at radius 3 is 2.62 bits per heavy atom. The van der Waals surface area contributed by atoms with Crippen LogP contribution in [0.25, 0.3) is 11.3 Å². The Morgan fingerprint density at radius 2 is 1.88 bits per heavy atom. The number of carbonyl (C=O) groups excluding carboxylic acids is 1. The third-order valence-electron chi connectivity index (χ3n) is 6.40. The number of anilines is 1. The summed E-state index contributed by atoms with van der Waals surface area (Å²) in [7, 11) is 0. The molecule has 2 unspecified atom stereocenters. The summed E-state index contributed by atoms with van der Waals surface area (Å²) in [4.78, 5) is 21.0. The second kappa shape index (κ2) is 7.58. The van der Waals surface area contributed by atoms with Crippen molar-refractivity contribution in [2.24, 2.45) is 5.41 Å². The molecule has 0 saturated heterocycles. The average molecular weight is 435 g/mol. The molecule has 7 heteroatoms. The van der Waals surface area contributed by atoms with E-state index >= 15 is 0 Å². The first-order valence-corrected chi connectivity index (χ1v) is 10.4. The standard InChI is InChI=1S/C25H20F3N3O/c1-25-11-14(5-6-15(25)12-25)16-9-10-29-13-21(16)31-24(32)20-8-7-19(28)23(30-20)22-17(26)3-2-4-18(22)27/h2-4,7-10,12-14H,5-6,11H2,1H3,(H,31,32). The highest BCUT2D eigenvalue weighted by Crippen LogP contribution is 2.58. The molecule has 32 heavy (non-hydrogen) atoms. The highest BCUT2D eigenvalue weighted by molar-refractivity contribution is 6.03. The molecule has 1 aromatic carbocycles. The molecule has 2 atom stereocenters. The fraction of sp³-hybridized carbons (Fsp3) is 0.240. The zero-order valence-corrected chi connectivity index (χ0v) is 17.3. The van der Waals surface area contributed by atoms with Crippen molar-refractivity contribution >= 4 is 11.6 Å². The number of hydrogen-bond donors (Lipinski definition) is 1. The highest BCUT2D eigenvalue weighted by Gasteiger charge is 2.44. The number of nitrogens with one attached hydrogen (secondary N) is 1. The van der Waals surface area contributed by atoms with Crippen molar-refractivity contribution in [2.45, 2.75) is 32.1 Å². The molecule has 2 aliphatic carbocycles. The second-order valence-corrected chi connectivity index (χ2v) is 8.57. The number of fused-ring (bicyclic) bond motifs is 1. The summed E-state index contributed by atoms with van der Waals surface area (Å²) in [5, 5.41) is 2.80. The SMILES string of the molecule is CC12C=C1CCC(c1ccncc1NC(=O)c1ccc(F)c(-c3c(F)cccc3F)n1)C2. The van der Waals surface area contributed by atoms with E-state index in [-0.39, 0.29) is 17.0 Å². The van der Waals surface area contributed by atoms with E-state index in [1.54, 1.807) is 12.4 Å². The molecule has 3 aromatic rings. The maximum Gasteiger partial charge on any atom is 0.274 e. The number of benzene rings is 1. The first kappa shape index (κ1) is 20.4. The van der Waals surface area contributed by atoms with E-state index in [4.69, 9.17) is 0 Å². The molecule has 1 fully saturated rings. The largest absolute Gasteiger partial charge is 0.319 e. The predicted octanol–water partition coefficient (Wildman–Crippen LogP) is 6.03. The number of amides is 1. The molecule has 4 nitrogen and oxygen atoms in total. The van der Waals surface area contributed by atoms with Crippen molar-refractivity contribution in [3.63, 3.8) is 0 Å². The van der Waals surface area contributed by atoms with Crippen LogP contribution in [0.4, 0.5) is 18.9 Å². The molecule has 162 valence electrons. The molecule has 0 radical (unpaired) electrons. The Balaban J connectivity index is 1.43. The number of pyridine rings is 2. The van der Waals surface area contributed by atoms with Gasteiger partial charge in [-0.25, -0.2) is 18.2 Å². The predicted molar refractivity (Wildman–Crippen MR) is 115 cm³/mol. The van der Waals surface area contributed by atoms with Crippen LogP contribution in [-0.4, -0.2) is 15.9 Å². The monoisotopic (exact) mass is 435 g/mol. The van der Waals surface area contributed by atoms with Crippen LogP contribution in [0.1, 0.15) is 48.2 Å². The normalized spacial score (nSPS) is 21.5. The minimum Gasteiger partial charge on any atom is -0.319 e. The van der Waals surface area contributed by atoms with Gasteiger partial charge in [0.15, 0.2) is 0 Å². The number of carbonyl (C=O) groups is 1. The molecule has 1 amide bonds. The molecule has 1 N–H and O–H groups in total. The molecule has 2 aliphatic rings. The summed E-state index contributed by atoms with van der Waals surface area (Å²) in [6, 6.07) is 7.27. The van der Waals surface area contributed by atoms with E-state index < -0.39 is 34.6 Å². The van der Waals surface area contributed by atoms with E-state index in [1.165, 1.54) is 17.7 Å². The van der Waals surface area contributed by atoms with Crippen LogP contribution in [0, 0.1) is 22.9 Å². The molecular weight excluding hydrogens is 415 g/mol. The van der Waals surface area contributed by atoms with Crippen molar-refractivity contribution in [3.05, 3.63) is 89.2 Å². The molecule has 0 bridgehead atoms. The lowest BCUT2D eigenvalue weighted by molar-refractivity contribution is 0.102. The fourth-order valence-corrected chi connectivity index (χ4v) is 4.63. The Morgan fingerprint density at radius 1 is 1.09 bits per heavy atom. The minimum atomic E-state index is -0.956. The maximum absolute atomic E-state index is 14.3. The summed E-state index contributed by atoms with van der Waals surface area (Å²) >= 11 is 0. The first-order chi connectivity index (χ1) is 15.4. The summed E-state index contributed by atoms with van der Waals surface area (Å²) in [6.07, 6.45) is 8.57. The van der Waals surface area contributed by atoms with E-state index in [0.717, 1.165) is 43.0 Å². The number of halogens is 3. The molecular formula is C25H20F3N3O. The van der Waals surface area contributed by atoms with Crippen LogP contribution in [-0.2, 0) is 0 Å². The van der Waals surface area contributed by atoms with Gasteiger partial charge < -0.3 is 5.32 Å². The first-order valence-electron chi connectivity index (χ1n) is 10.4. The Labute approximate surface area is 183 Å². The van der Waals surface area contributed by atoms with Gasteiger partial charge in [-0.15, -0.1) is 0 Å². The van der Waals surface area contributed by atoms with Gasteiger partial charge in [0.25, 0.3) is 5.91 Å². The van der Waals surface area contributed by atoms with Crippen molar-refractivity contribution in [3.8, 4) is 11.3 Å². The van der Waals surface area contributed by atoms with E-state index in [1.807, 2.05) is 6.07 Å². The van der Waals surface area contributed by atoms with E-state index in [2.05, 4.69) is 28.3 Å². The molecule has 0 spiro atoms. The van der Waals surface area contributed by atoms with Crippen molar-refractivity contribution in [2.75, 3.05) is 5.32 Å². The third-order valence-corrected chi connectivity index (χ3v) is 6.40. The van der Waals surface area contributed by atoms with Crippen LogP contribution in [0.2, 0.25) is 0 Å². The Kier molecular flexibility index (Phi) is 4.84. The van der Waals surface area contributed by atoms with Crippen LogP contribution in [0.5, 0.6) is 0 Å². The van der Waals surface area contributed by atoms with Crippen molar-refractivity contribution < 1.29 is 18.0 Å². The summed E-state index contributed by atoms with van der Waals surface area (Å²) < 4.78 is 42.7. The van der Waals surface area contributed by atoms with Gasteiger partial charge >= 0.3 is 0 Å². The van der Waals surface area contributed by atoms with Gasteiger partial charge in [0, 0.05) is 11.6 Å². The second-order valence-electron chi connectivity index (χ2n) is 8.57. The van der Waals surface area contributed by atoms with Gasteiger partial charge in [0.05, 0.1) is 17.4 Å². The van der Waals surface area contributed by atoms with Crippen LogP contribution >= 0.6 is 0 Å². The molecule has 5 rings (SSSR count).